The normalized spacial score (nSPS) is 15.2. The highest BCUT2D eigenvalue weighted by atomic mass is 16.6. The molecule has 1 heterocycles. The molecular formula is C12H10BNO4. The molecule has 0 bridgehead atoms. The maximum atomic E-state index is 11.0. The molecule has 0 aromatic heterocycles. The summed E-state index contributed by atoms with van der Waals surface area (Å²) < 4.78 is 10.9. The van der Waals surface area contributed by atoms with E-state index in [9.17, 15) is 10.1 Å². The second-order valence-corrected chi connectivity index (χ2v) is 4.05. The molecule has 5 nitrogen and oxygen atoms in total. The van der Waals surface area contributed by atoms with Crippen molar-refractivity contribution in [2.24, 2.45) is 0 Å². The van der Waals surface area contributed by atoms with Gasteiger partial charge in [-0.2, -0.15) is 0 Å². The molecule has 0 radical (unpaired) electrons. The number of nitro benzene ring substituents is 1. The van der Waals surface area contributed by atoms with Crippen molar-refractivity contribution in [2.75, 3.05) is 13.2 Å². The van der Waals surface area contributed by atoms with Gasteiger partial charge in [-0.15, -0.1) is 0 Å². The van der Waals surface area contributed by atoms with Crippen LogP contribution in [0.2, 0.25) is 0 Å². The first-order valence-electron chi connectivity index (χ1n) is 5.66. The molecule has 6 heteroatoms. The highest BCUT2D eigenvalue weighted by Gasteiger charge is 2.28. The molecule has 0 saturated carbocycles. The molecule has 1 aliphatic heterocycles. The summed E-state index contributed by atoms with van der Waals surface area (Å²) in [6.45, 7) is 1.10. The molecule has 0 spiro atoms. The van der Waals surface area contributed by atoms with Crippen LogP contribution in [0, 0.1) is 10.1 Å². The number of hydrogen-bond donors (Lipinski definition) is 0. The molecule has 0 aliphatic carbocycles. The van der Waals surface area contributed by atoms with Gasteiger partial charge in [-0.3, -0.25) is 10.1 Å². The highest BCUT2D eigenvalue weighted by Crippen LogP contribution is 2.24. The van der Waals surface area contributed by atoms with Crippen LogP contribution in [0.1, 0.15) is 0 Å². The molecule has 0 unspecified atom stereocenters. The number of nitro groups is 1. The van der Waals surface area contributed by atoms with Crippen LogP contribution in [0.25, 0.3) is 10.8 Å². The minimum absolute atomic E-state index is 0.104. The first-order valence-corrected chi connectivity index (χ1v) is 5.66. The summed E-state index contributed by atoms with van der Waals surface area (Å²) in [5, 5.41) is 12.4. The smallest absolute Gasteiger partial charge is 0.405 e. The van der Waals surface area contributed by atoms with Gasteiger partial charge in [0.1, 0.15) is 0 Å². The van der Waals surface area contributed by atoms with Gasteiger partial charge >= 0.3 is 7.12 Å². The summed E-state index contributed by atoms with van der Waals surface area (Å²) in [7, 11) is -0.421. The van der Waals surface area contributed by atoms with E-state index in [4.69, 9.17) is 9.31 Å². The van der Waals surface area contributed by atoms with E-state index < -0.39 is 7.12 Å². The predicted octanol–water partition coefficient (Wildman–Crippen LogP) is 1.49. The first kappa shape index (κ1) is 11.2. The largest absolute Gasteiger partial charge is 0.494 e. The molecule has 0 amide bonds. The minimum Gasteiger partial charge on any atom is -0.405 e. The predicted molar refractivity (Wildman–Crippen MR) is 67.9 cm³/mol. The maximum absolute atomic E-state index is 11.0. The SMILES string of the molecule is O=[N+]([O-])c1cccc2c(B3OCCO3)cccc12. The van der Waals surface area contributed by atoms with E-state index in [0.29, 0.717) is 18.6 Å². The zero-order chi connectivity index (χ0) is 12.5. The van der Waals surface area contributed by atoms with E-state index in [-0.39, 0.29) is 10.6 Å². The monoisotopic (exact) mass is 243 g/mol. The first-order chi connectivity index (χ1) is 8.77. The molecule has 1 fully saturated rings. The van der Waals surface area contributed by atoms with Gasteiger partial charge in [0.15, 0.2) is 0 Å². The number of nitrogens with zero attached hydrogens (tertiary/aromatic N) is 1. The van der Waals surface area contributed by atoms with Crippen LogP contribution >= 0.6 is 0 Å². The van der Waals surface area contributed by atoms with Gasteiger partial charge in [0, 0.05) is 6.07 Å². The van der Waals surface area contributed by atoms with Gasteiger partial charge in [-0.25, -0.2) is 0 Å². The van der Waals surface area contributed by atoms with Gasteiger partial charge in [0.2, 0.25) is 0 Å². The number of rotatable bonds is 2. The minimum atomic E-state index is -0.421. The van der Waals surface area contributed by atoms with Crippen molar-refractivity contribution in [1.29, 1.82) is 0 Å². The van der Waals surface area contributed by atoms with Crippen LogP contribution in [0.15, 0.2) is 36.4 Å². The van der Waals surface area contributed by atoms with Crippen LogP contribution in [-0.2, 0) is 9.31 Å². The number of hydrogen-bond acceptors (Lipinski definition) is 4. The Bertz CT molecular complexity index is 610. The van der Waals surface area contributed by atoms with Gasteiger partial charge in [-0.1, -0.05) is 24.3 Å². The van der Waals surface area contributed by atoms with Crippen molar-refractivity contribution in [2.45, 2.75) is 0 Å². The summed E-state index contributed by atoms with van der Waals surface area (Å²) >= 11 is 0. The fraction of sp³-hybridized carbons (Fsp3) is 0.167. The van der Waals surface area contributed by atoms with Crippen molar-refractivity contribution in [1.82, 2.24) is 0 Å². The van der Waals surface area contributed by atoms with Crippen molar-refractivity contribution in [3.05, 3.63) is 46.5 Å². The lowest BCUT2D eigenvalue weighted by atomic mass is 9.76. The summed E-state index contributed by atoms with van der Waals surface area (Å²) in [5.74, 6) is 0. The summed E-state index contributed by atoms with van der Waals surface area (Å²) in [5.41, 5.74) is 0.945. The zero-order valence-corrected chi connectivity index (χ0v) is 9.54. The van der Waals surface area contributed by atoms with Gasteiger partial charge < -0.3 is 9.31 Å². The van der Waals surface area contributed by atoms with Gasteiger partial charge in [0.05, 0.1) is 23.5 Å². The Balaban J connectivity index is 2.22. The molecule has 2 aromatic rings. The number of non-ortho nitro benzene ring substituents is 1. The summed E-state index contributed by atoms with van der Waals surface area (Å²) in [4.78, 5) is 10.6. The molecule has 3 rings (SSSR count). The van der Waals surface area contributed by atoms with Crippen molar-refractivity contribution >= 4 is 29.0 Å². The maximum Gasteiger partial charge on any atom is 0.494 e. The third-order valence-electron chi connectivity index (χ3n) is 3.01. The van der Waals surface area contributed by atoms with Crippen LogP contribution in [-0.4, -0.2) is 25.3 Å². The number of benzene rings is 2. The standard InChI is InChI=1S/C12H10BNO4/c15-14(16)12-6-2-3-9-10(12)4-1-5-11(9)13-17-7-8-18-13/h1-6H,7-8H2. The van der Waals surface area contributed by atoms with Crippen molar-refractivity contribution in [3.63, 3.8) is 0 Å². The van der Waals surface area contributed by atoms with Gasteiger partial charge in [0.25, 0.3) is 5.69 Å². The van der Waals surface area contributed by atoms with Crippen LogP contribution < -0.4 is 5.46 Å². The summed E-state index contributed by atoms with van der Waals surface area (Å²) in [6, 6.07) is 10.4. The second kappa shape index (κ2) is 4.40. The lowest BCUT2D eigenvalue weighted by molar-refractivity contribution is -0.383. The lowest BCUT2D eigenvalue weighted by Crippen LogP contribution is -2.32. The van der Waals surface area contributed by atoms with Crippen LogP contribution in [0.4, 0.5) is 5.69 Å². The van der Waals surface area contributed by atoms with E-state index >= 15 is 0 Å². The molecular weight excluding hydrogens is 233 g/mol. The van der Waals surface area contributed by atoms with Crippen molar-refractivity contribution in [3.8, 4) is 0 Å². The fourth-order valence-corrected chi connectivity index (χ4v) is 2.22. The van der Waals surface area contributed by atoms with E-state index in [1.165, 1.54) is 6.07 Å². The second-order valence-electron chi connectivity index (χ2n) is 4.05. The Hall–Kier alpha value is -1.92. The zero-order valence-electron chi connectivity index (χ0n) is 9.54. The molecule has 90 valence electrons. The van der Waals surface area contributed by atoms with Gasteiger partial charge in [-0.05, 0) is 16.9 Å². The van der Waals surface area contributed by atoms with Crippen molar-refractivity contribution < 1.29 is 14.2 Å². The van der Waals surface area contributed by atoms with Crippen LogP contribution in [0.3, 0.4) is 0 Å². The third kappa shape index (κ3) is 1.75. The Morgan fingerprint density at radius 2 is 1.72 bits per heavy atom. The molecule has 1 saturated heterocycles. The molecule has 18 heavy (non-hydrogen) atoms. The van der Waals surface area contributed by atoms with E-state index in [0.717, 1.165) is 10.8 Å². The third-order valence-corrected chi connectivity index (χ3v) is 3.01. The Morgan fingerprint density at radius 3 is 2.44 bits per heavy atom. The Morgan fingerprint density at radius 1 is 1.06 bits per heavy atom. The molecule has 0 atom stereocenters. The molecule has 2 aromatic carbocycles. The Labute approximate surface area is 104 Å². The lowest BCUT2D eigenvalue weighted by Gasteiger charge is -2.08. The van der Waals surface area contributed by atoms with Crippen LogP contribution in [0.5, 0.6) is 0 Å². The van der Waals surface area contributed by atoms with E-state index in [1.54, 1.807) is 18.2 Å². The van der Waals surface area contributed by atoms with E-state index in [1.807, 2.05) is 12.1 Å². The summed E-state index contributed by atoms with van der Waals surface area (Å²) in [6.07, 6.45) is 0. The average molecular weight is 243 g/mol. The molecule has 0 N–H and O–H groups in total. The molecule has 1 aliphatic rings. The highest BCUT2D eigenvalue weighted by molar-refractivity contribution is 6.64. The Kier molecular flexibility index (Phi) is 2.73. The number of fused-ring (bicyclic) bond motifs is 1. The van der Waals surface area contributed by atoms with E-state index in [2.05, 4.69) is 0 Å². The fourth-order valence-electron chi connectivity index (χ4n) is 2.22. The topological polar surface area (TPSA) is 61.6 Å². The quantitative estimate of drug-likeness (QED) is 0.455. The average Bonchev–Trinajstić information content (AvgIpc) is 2.91.